The van der Waals surface area contributed by atoms with E-state index in [0.29, 0.717) is 12.8 Å². The number of ether oxygens (including phenoxy) is 2. The van der Waals surface area contributed by atoms with Crippen molar-refractivity contribution in [3.63, 3.8) is 0 Å². The molecule has 0 aromatic rings. The molecule has 0 saturated carbocycles. The Hall–Kier alpha value is -1.33. The van der Waals surface area contributed by atoms with Crippen LogP contribution in [0.4, 0.5) is 0 Å². The lowest BCUT2D eigenvalue weighted by atomic mass is 9.99. The topological polar surface area (TPSA) is 149 Å². The third kappa shape index (κ3) is 39.8. The largest absolute Gasteiger partial charge is 0.394 e. The van der Waals surface area contributed by atoms with Crippen molar-refractivity contribution in [2.45, 2.75) is 339 Å². The fourth-order valence-electron chi connectivity index (χ4n) is 9.78. The van der Waals surface area contributed by atoms with E-state index >= 15 is 0 Å². The minimum absolute atomic E-state index is 0.136. The Morgan fingerprint density at radius 3 is 1.25 bits per heavy atom. The highest BCUT2D eigenvalue weighted by molar-refractivity contribution is 5.76. The molecule has 9 nitrogen and oxygen atoms in total. The molecule has 1 heterocycles. The van der Waals surface area contributed by atoms with Gasteiger partial charge in [0.1, 0.15) is 24.4 Å². The van der Waals surface area contributed by atoms with Crippen molar-refractivity contribution in [2.24, 2.45) is 0 Å². The number of carbonyl (C=O) groups is 1. The van der Waals surface area contributed by atoms with E-state index in [0.717, 1.165) is 57.8 Å². The summed E-state index contributed by atoms with van der Waals surface area (Å²) in [6, 6.07) is -0.711. The van der Waals surface area contributed by atoms with Crippen LogP contribution in [0.25, 0.3) is 0 Å². The van der Waals surface area contributed by atoms with E-state index in [1.54, 1.807) is 0 Å². The van der Waals surface area contributed by atoms with Gasteiger partial charge < -0.3 is 40.3 Å². The minimum atomic E-state index is -1.55. The molecule has 0 bridgehead atoms. The summed E-state index contributed by atoms with van der Waals surface area (Å²) in [4.78, 5) is 12.9. The molecule has 408 valence electrons. The Bertz CT molecular complexity index is 1130. The van der Waals surface area contributed by atoms with E-state index in [9.17, 15) is 30.3 Å². The van der Waals surface area contributed by atoms with Crippen LogP contribution in [0, 0.1) is 0 Å². The van der Waals surface area contributed by atoms with Crippen molar-refractivity contribution < 1.29 is 39.8 Å². The smallest absolute Gasteiger partial charge is 0.220 e. The maximum atomic E-state index is 12.9. The summed E-state index contributed by atoms with van der Waals surface area (Å²) >= 11 is 0. The summed E-state index contributed by atoms with van der Waals surface area (Å²) in [5.74, 6) is -0.146. The van der Waals surface area contributed by atoms with Crippen molar-refractivity contribution in [3.05, 3.63) is 24.3 Å². The first-order valence-corrected chi connectivity index (χ1v) is 30.0. The fraction of sp³-hybridized carbons (Fsp3) is 0.917. The van der Waals surface area contributed by atoms with Crippen LogP contribution in [0.3, 0.4) is 0 Å². The molecule has 1 fully saturated rings. The second-order valence-electron chi connectivity index (χ2n) is 21.1. The molecule has 1 amide bonds. The number of unbranched alkanes of at least 4 members (excludes halogenated alkanes) is 38. The van der Waals surface area contributed by atoms with Crippen LogP contribution in [0.15, 0.2) is 24.3 Å². The van der Waals surface area contributed by atoms with Crippen LogP contribution in [-0.2, 0) is 14.3 Å². The Morgan fingerprint density at radius 2 is 0.855 bits per heavy atom. The van der Waals surface area contributed by atoms with Gasteiger partial charge in [-0.15, -0.1) is 0 Å². The Kier molecular flexibility index (Phi) is 47.8. The monoisotopic (exact) mass is 978 g/mol. The molecular weight excluding hydrogens is 863 g/mol. The average Bonchev–Trinajstić information content (AvgIpc) is 3.35. The van der Waals surface area contributed by atoms with E-state index in [-0.39, 0.29) is 12.5 Å². The lowest BCUT2D eigenvalue weighted by Crippen LogP contribution is -2.60. The van der Waals surface area contributed by atoms with Crippen molar-refractivity contribution >= 4 is 5.91 Å². The van der Waals surface area contributed by atoms with Gasteiger partial charge in [-0.3, -0.25) is 4.79 Å². The summed E-state index contributed by atoms with van der Waals surface area (Å²) in [6.07, 6.45) is 57.5. The summed E-state index contributed by atoms with van der Waals surface area (Å²) in [6.45, 7) is 3.75. The van der Waals surface area contributed by atoms with E-state index in [2.05, 4.69) is 43.5 Å². The number of aliphatic hydroxyl groups excluding tert-OH is 5. The quantitative estimate of drug-likeness (QED) is 0.0261. The van der Waals surface area contributed by atoms with E-state index in [4.69, 9.17) is 9.47 Å². The number of nitrogens with one attached hydrogen (secondary N) is 1. The molecule has 0 radical (unpaired) electrons. The molecule has 9 heteroatoms. The lowest BCUT2D eigenvalue weighted by Gasteiger charge is -2.40. The van der Waals surface area contributed by atoms with Crippen molar-refractivity contribution in [1.29, 1.82) is 0 Å². The van der Waals surface area contributed by atoms with Gasteiger partial charge in [-0.05, 0) is 44.9 Å². The molecule has 1 rings (SSSR count). The number of hydrogen-bond donors (Lipinski definition) is 6. The average molecular weight is 979 g/mol. The zero-order valence-electron chi connectivity index (χ0n) is 45.3. The maximum Gasteiger partial charge on any atom is 0.220 e. The Balaban J connectivity index is 1.89. The van der Waals surface area contributed by atoms with E-state index in [1.807, 2.05) is 0 Å². The Labute approximate surface area is 426 Å². The van der Waals surface area contributed by atoms with Gasteiger partial charge in [0.15, 0.2) is 6.29 Å². The predicted octanol–water partition coefficient (Wildman–Crippen LogP) is 15.0. The summed E-state index contributed by atoms with van der Waals surface area (Å²) in [5, 5.41) is 54.0. The number of allylic oxidation sites excluding steroid dienone is 4. The molecule has 1 saturated heterocycles. The molecule has 7 atom stereocenters. The van der Waals surface area contributed by atoms with E-state index < -0.39 is 49.5 Å². The van der Waals surface area contributed by atoms with Gasteiger partial charge in [0.2, 0.25) is 5.91 Å². The van der Waals surface area contributed by atoms with Gasteiger partial charge in [-0.25, -0.2) is 0 Å². The van der Waals surface area contributed by atoms with Gasteiger partial charge in [-0.2, -0.15) is 0 Å². The van der Waals surface area contributed by atoms with Crippen LogP contribution < -0.4 is 5.32 Å². The summed E-state index contributed by atoms with van der Waals surface area (Å²) in [7, 11) is 0. The minimum Gasteiger partial charge on any atom is -0.394 e. The van der Waals surface area contributed by atoms with Gasteiger partial charge in [0, 0.05) is 6.42 Å². The number of hydrogen-bond acceptors (Lipinski definition) is 8. The van der Waals surface area contributed by atoms with Crippen molar-refractivity contribution in [3.8, 4) is 0 Å². The number of aliphatic hydroxyl groups is 5. The highest BCUT2D eigenvalue weighted by atomic mass is 16.7. The first-order chi connectivity index (χ1) is 33.8. The molecule has 7 unspecified atom stereocenters. The third-order valence-corrected chi connectivity index (χ3v) is 14.6. The summed E-state index contributed by atoms with van der Waals surface area (Å²) < 4.78 is 11.2. The zero-order valence-corrected chi connectivity index (χ0v) is 45.3. The summed E-state index contributed by atoms with van der Waals surface area (Å²) in [5.41, 5.74) is 0. The molecular formula is C60H115NO8. The molecule has 0 spiro atoms. The second-order valence-corrected chi connectivity index (χ2v) is 21.1. The third-order valence-electron chi connectivity index (χ3n) is 14.6. The van der Waals surface area contributed by atoms with Gasteiger partial charge >= 0.3 is 0 Å². The van der Waals surface area contributed by atoms with Crippen molar-refractivity contribution in [1.82, 2.24) is 5.32 Å². The molecule has 6 N–H and O–H groups in total. The van der Waals surface area contributed by atoms with Crippen LogP contribution in [-0.4, -0.2) is 87.5 Å². The highest BCUT2D eigenvalue weighted by Crippen LogP contribution is 2.23. The highest BCUT2D eigenvalue weighted by Gasteiger charge is 2.44. The number of carbonyl (C=O) groups excluding carboxylic acids is 1. The molecule has 0 aromatic carbocycles. The maximum absolute atomic E-state index is 12.9. The lowest BCUT2D eigenvalue weighted by molar-refractivity contribution is -0.302. The second kappa shape index (κ2) is 50.2. The first-order valence-electron chi connectivity index (χ1n) is 30.0. The van der Waals surface area contributed by atoms with Gasteiger partial charge in [-0.1, -0.05) is 269 Å². The van der Waals surface area contributed by atoms with Crippen LogP contribution in [0.2, 0.25) is 0 Å². The van der Waals surface area contributed by atoms with Crippen LogP contribution >= 0.6 is 0 Å². The van der Waals surface area contributed by atoms with Crippen LogP contribution in [0.1, 0.15) is 296 Å². The molecule has 0 aliphatic carbocycles. The molecule has 69 heavy (non-hydrogen) atoms. The number of rotatable bonds is 52. The predicted molar refractivity (Wildman–Crippen MR) is 290 cm³/mol. The molecule has 0 aromatic heterocycles. The van der Waals surface area contributed by atoms with Crippen molar-refractivity contribution in [2.75, 3.05) is 13.2 Å². The number of amides is 1. The van der Waals surface area contributed by atoms with Gasteiger partial charge in [0.05, 0.1) is 25.4 Å². The zero-order chi connectivity index (χ0) is 50.1. The SMILES string of the molecule is CCCCCCC/C=C\C/C=C\CCCCCCCCCCCCCCCCCCCCCCCCCCCCCCCC(=O)NC(COC1OC(CO)C(O)C(O)C1O)C(O)CCCCCCC. The van der Waals surface area contributed by atoms with Crippen LogP contribution in [0.5, 0.6) is 0 Å². The first kappa shape index (κ1) is 65.7. The fourth-order valence-corrected chi connectivity index (χ4v) is 9.78. The Morgan fingerprint density at radius 1 is 0.493 bits per heavy atom. The standard InChI is InChI=1S/C60H115NO8/c1-3-5-7-9-10-11-12-13-14-15-16-17-18-19-20-21-22-23-24-25-26-27-28-29-30-31-32-33-34-35-36-37-38-39-40-41-42-43-44-46-48-50-56(64)61-53(54(63)49-47-45-8-6-4-2)52-68-60-59(67)58(66)57(65)55(51-62)69-60/h12-13,15-16,53-55,57-60,62-63,65-67H,3-11,14,17-52H2,1-2H3,(H,61,64)/b13-12-,16-15-. The normalized spacial score (nSPS) is 19.6. The molecule has 1 aliphatic rings. The van der Waals surface area contributed by atoms with E-state index in [1.165, 1.54) is 212 Å². The van der Waals surface area contributed by atoms with Gasteiger partial charge in [0.25, 0.3) is 0 Å². The molecule has 1 aliphatic heterocycles.